The van der Waals surface area contributed by atoms with Crippen molar-refractivity contribution in [2.75, 3.05) is 13.7 Å². The van der Waals surface area contributed by atoms with Gasteiger partial charge in [-0.2, -0.15) is 15.0 Å². The van der Waals surface area contributed by atoms with E-state index in [1.165, 1.54) is 4.80 Å². The second kappa shape index (κ2) is 8.48. The molecule has 0 atom stereocenters. The van der Waals surface area contributed by atoms with Crippen LogP contribution < -0.4 is 0 Å². The summed E-state index contributed by atoms with van der Waals surface area (Å²) in [6, 6.07) is 0. The highest BCUT2D eigenvalue weighted by molar-refractivity contribution is 14.1. The fourth-order valence-corrected chi connectivity index (χ4v) is 3.46. The lowest BCUT2D eigenvalue weighted by molar-refractivity contribution is -0.0631. The van der Waals surface area contributed by atoms with Gasteiger partial charge in [-0.1, -0.05) is 0 Å². The third-order valence-corrected chi connectivity index (χ3v) is 6.28. The number of hydrogen-bond acceptors (Lipinski definition) is 4. The Labute approximate surface area is 179 Å². The molecule has 0 aliphatic carbocycles. The second-order valence-electron chi connectivity index (χ2n) is 7.32. The molecule has 0 saturated carbocycles. The molecule has 0 amide bonds. The Hall–Kier alpha value is -0.140. The highest BCUT2D eigenvalue weighted by atomic mass is 127. The van der Waals surface area contributed by atoms with E-state index in [1.54, 1.807) is 52.3 Å². The van der Waals surface area contributed by atoms with E-state index >= 15 is 0 Å². The fraction of sp³-hybridized carbons (Fsp3) is 0.647. The summed E-state index contributed by atoms with van der Waals surface area (Å²) in [6.45, 7) is 9.11. The number of nitrogens with zero attached hydrogens (tertiary/aromatic N) is 3. The Morgan fingerprint density at radius 3 is 1.88 bits per heavy atom. The van der Waals surface area contributed by atoms with E-state index < -0.39 is 11.6 Å². The first-order chi connectivity index (χ1) is 12.0. The van der Waals surface area contributed by atoms with Crippen molar-refractivity contribution in [3.8, 4) is 0 Å². The average molecular weight is 593 g/mol. The molecule has 0 N–H and O–H groups in total. The lowest BCUT2D eigenvalue weighted by atomic mass is 10.0. The summed E-state index contributed by atoms with van der Waals surface area (Å²) in [5.74, 6) is -1.75. The predicted molar refractivity (Wildman–Crippen MR) is 113 cm³/mol. The van der Waals surface area contributed by atoms with Gasteiger partial charge in [0.05, 0.1) is 31.5 Å². The van der Waals surface area contributed by atoms with Crippen molar-refractivity contribution >= 4 is 56.2 Å². The van der Waals surface area contributed by atoms with E-state index in [1.807, 2.05) is 27.7 Å². The van der Waals surface area contributed by atoms with Gasteiger partial charge in [-0.3, -0.25) is 0 Å². The first-order valence-corrected chi connectivity index (χ1v) is 10.4. The molecule has 146 valence electrons. The van der Waals surface area contributed by atoms with E-state index in [0.29, 0.717) is 30.6 Å². The zero-order chi connectivity index (χ0) is 19.7. The van der Waals surface area contributed by atoms with Crippen LogP contribution in [0.5, 0.6) is 0 Å². The topological polar surface area (TPSA) is 49.2 Å². The zero-order valence-corrected chi connectivity index (χ0v) is 19.8. The molecule has 5 nitrogen and oxygen atoms in total. The summed E-state index contributed by atoms with van der Waals surface area (Å²) in [7, 11) is 1.69. The van der Waals surface area contributed by atoms with Crippen molar-refractivity contribution in [3.63, 3.8) is 0 Å². The van der Waals surface area contributed by atoms with Crippen molar-refractivity contribution in [3.05, 3.63) is 18.8 Å². The first-order valence-electron chi connectivity index (χ1n) is 8.23. The van der Waals surface area contributed by atoms with Gasteiger partial charge in [0.1, 0.15) is 11.0 Å². The highest BCUT2D eigenvalue weighted by Crippen LogP contribution is 2.29. The lowest BCUT2D eigenvalue weighted by Crippen LogP contribution is -2.31. The molecule has 2 aromatic rings. The summed E-state index contributed by atoms with van der Waals surface area (Å²) in [5, 5.41) is 8.64. The second-order valence-corrected chi connectivity index (χ2v) is 9.48. The Balaban J connectivity index is 2.05. The van der Waals surface area contributed by atoms with Crippen LogP contribution in [0.15, 0.2) is 0 Å². The smallest absolute Gasteiger partial charge is 0.175 e. The number of rotatable bonds is 8. The number of aryl methyl sites for hydroxylation is 1. The molecule has 0 spiro atoms. The largest absolute Gasteiger partial charge is 0.379 e. The summed E-state index contributed by atoms with van der Waals surface area (Å²) >= 11 is 3.52. The molecule has 0 aliphatic rings. The number of hydrogen-bond donors (Lipinski definition) is 0. The van der Waals surface area contributed by atoms with Gasteiger partial charge in [0.25, 0.3) is 0 Å². The molecule has 26 heavy (non-hydrogen) atoms. The van der Waals surface area contributed by atoms with Crippen LogP contribution in [0.3, 0.4) is 0 Å². The van der Waals surface area contributed by atoms with Crippen LogP contribution in [0.4, 0.5) is 8.78 Å². The van der Waals surface area contributed by atoms with E-state index in [0.717, 1.165) is 6.42 Å². The maximum absolute atomic E-state index is 13.9. The number of benzene rings is 1. The Bertz CT molecular complexity index is 749. The van der Waals surface area contributed by atoms with Crippen molar-refractivity contribution in [1.29, 1.82) is 0 Å². The van der Waals surface area contributed by atoms with Gasteiger partial charge < -0.3 is 9.47 Å². The van der Waals surface area contributed by atoms with Crippen LogP contribution in [0, 0.1) is 18.8 Å². The number of fused-ring (bicyclic) bond motifs is 1. The van der Waals surface area contributed by atoms with Crippen molar-refractivity contribution in [2.45, 2.75) is 58.3 Å². The lowest BCUT2D eigenvalue weighted by Gasteiger charge is -2.28. The van der Waals surface area contributed by atoms with Gasteiger partial charge in [0, 0.05) is 7.11 Å². The van der Waals surface area contributed by atoms with Gasteiger partial charge in [0.2, 0.25) is 0 Å². The molecular formula is C17H23F2I2N3O2. The van der Waals surface area contributed by atoms with Crippen molar-refractivity contribution in [1.82, 2.24) is 15.0 Å². The predicted octanol–water partition coefficient (Wildman–Crippen LogP) is 4.92. The normalized spacial score (nSPS) is 13.0. The summed E-state index contributed by atoms with van der Waals surface area (Å²) in [6.07, 6.45) is 1.45. The molecule has 0 fully saturated rings. The molecule has 0 bridgehead atoms. The SMILES string of the molecule is COC(C)(C)CCOC(C)(C)CCn1nc2c(I)c(F)c(F)c(I)c2n1. The zero-order valence-electron chi connectivity index (χ0n) is 15.5. The van der Waals surface area contributed by atoms with Crippen LogP contribution >= 0.6 is 45.2 Å². The maximum Gasteiger partial charge on any atom is 0.175 e. The summed E-state index contributed by atoms with van der Waals surface area (Å²) < 4.78 is 39.4. The monoisotopic (exact) mass is 593 g/mol. The van der Waals surface area contributed by atoms with E-state index in [4.69, 9.17) is 9.47 Å². The number of methoxy groups -OCH3 is 1. The molecule has 0 saturated heterocycles. The van der Waals surface area contributed by atoms with Gasteiger partial charge in [-0.25, -0.2) is 8.78 Å². The van der Waals surface area contributed by atoms with Gasteiger partial charge in [-0.15, -0.1) is 0 Å². The molecule has 0 radical (unpaired) electrons. The van der Waals surface area contributed by atoms with Crippen LogP contribution in [-0.4, -0.2) is 39.9 Å². The Kier molecular flexibility index (Phi) is 7.22. The van der Waals surface area contributed by atoms with Crippen LogP contribution in [0.1, 0.15) is 40.5 Å². The molecule has 0 aliphatic heterocycles. The third kappa shape index (κ3) is 5.22. The molecule has 1 aromatic heterocycles. The molecule has 1 heterocycles. The van der Waals surface area contributed by atoms with E-state index in [-0.39, 0.29) is 18.3 Å². The molecule has 2 rings (SSSR count). The van der Waals surface area contributed by atoms with Crippen LogP contribution in [0.25, 0.3) is 11.0 Å². The molecule has 1 aromatic carbocycles. The van der Waals surface area contributed by atoms with Crippen LogP contribution in [0.2, 0.25) is 0 Å². The van der Waals surface area contributed by atoms with Gasteiger partial charge in [-0.05, 0) is 85.7 Å². The van der Waals surface area contributed by atoms with Gasteiger partial charge in [0.15, 0.2) is 11.6 Å². The van der Waals surface area contributed by atoms with Crippen molar-refractivity contribution in [2.24, 2.45) is 0 Å². The Morgan fingerprint density at radius 1 is 0.923 bits per heavy atom. The number of aromatic nitrogens is 3. The fourth-order valence-electron chi connectivity index (χ4n) is 2.26. The van der Waals surface area contributed by atoms with E-state index in [9.17, 15) is 8.78 Å². The average Bonchev–Trinajstić information content (AvgIpc) is 3.00. The number of halogens is 4. The van der Waals surface area contributed by atoms with Crippen LogP contribution in [-0.2, 0) is 16.0 Å². The van der Waals surface area contributed by atoms with Gasteiger partial charge >= 0.3 is 0 Å². The summed E-state index contributed by atoms with van der Waals surface area (Å²) in [4.78, 5) is 1.48. The summed E-state index contributed by atoms with van der Waals surface area (Å²) in [5.41, 5.74) is 0.170. The standard InChI is InChI=1S/C17H23F2I2N3O2/c1-16(2,25-5)7-9-26-17(3,4)6-8-24-22-14-12(20)10(18)11(19)13(21)15(14)23-24/h6-9H2,1-5H3. The minimum atomic E-state index is -0.876. The highest BCUT2D eigenvalue weighted by Gasteiger charge is 2.24. The minimum Gasteiger partial charge on any atom is -0.379 e. The van der Waals surface area contributed by atoms with E-state index in [2.05, 4.69) is 10.2 Å². The van der Waals surface area contributed by atoms with Crippen molar-refractivity contribution < 1.29 is 18.3 Å². The Morgan fingerprint density at radius 2 is 1.42 bits per heavy atom. The third-order valence-electron chi connectivity index (χ3n) is 4.31. The maximum atomic E-state index is 13.9. The molecule has 0 unspecified atom stereocenters. The first kappa shape index (κ1) is 22.2. The molecular weight excluding hydrogens is 570 g/mol. The minimum absolute atomic E-state index is 0.152. The molecule has 9 heteroatoms. The quantitative estimate of drug-likeness (QED) is 0.248. The number of ether oxygens (including phenoxy) is 2.